The van der Waals surface area contributed by atoms with Crippen LogP contribution in [0.4, 0.5) is 16.2 Å². The van der Waals surface area contributed by atoms with Gasteiger partial charge in [0.2, 0.25) is 5.95 Å². The van der Waals surface area contributed by atoms with E-state index in [-0.39, 0.29) is 5.82 Å². The number of aromatic nitrogens is 9. The summed E-state index contributed by atoms with van der Waals surface area (Å²) >= 11 is 0. The molecule has 0 aliphatic heterocycles. The largest absolute Gasteiger partial charge is 0.309 e. The lowest BCUT2D eigenvalue weighted by Gasteiger charge is -2.08. The van der Waals surface area contributed by atoms with Gasteiger partial charge in [-0.05, 0) is 30.3 Å². The Morgan fingerprint density at radius 1 is 0.886 bits per heavy atom. The Kier molecular flexibility index (Phi) is 4.80. The molecule has 10 nitrogen and oxygen atoms in total. The maximum absolute atomic E-state index is 13.9. The van der Waals surface area contributed by atoms with Crippen LogP contribution in [-0.2, 0) is 14.1 Å². The number of anilines is 2. The van der Waals surface area contributed by atoms with E-state index in [1.807, 2.05) is 55.0 Å². The van der Waals surface area contributed by atoms with Crippen molar-refractivity contribution in [3.8, 4) is 33.9 Å². The summed E-state index contributed by atoms with van der Waals surface area (Å²) in [5, 5.41) is 20.5. The second-order valence-corrected chi connectivity index (χ2v) is 7.94. The summed E-state index contributed by atoms with van der Waals surface area (Å²) in [5.41, 5.74) is 4.46. The van der Waals surface area contributed by atoms with Crippen molar-refractivity contribution >= 4 is 17.4 Å². The third-order valence-electron chi connectivity index (χ3n) is 5.70. The van der Waals surface area contributed by atoms with E-state index in [0.29, 0.717) is 23.0 Å². The zero-order valence-electron chi connectivity index (χ0n) is 18.8. The van der Waals surface area contributed by atoms with Gasteiger partial charge >= 0.3 is 0 Å². The van der Waals surface area contributed by atoms with Gasteiger partial charge in [0.05, 0.1) is 29.3 Å². The lowest BCUT2D eigenvalue weighted by atomic mass is 10.1. The number of nitrogens with zero attached hydrogens (tertiary/aromatic N) is 9. The molecule has 6 rings (SSSR count). The molecule has 0 saturated carbocycles. The van der Waals surface area contributed by atoms with Crippen LogP contribution in [0.25, 0.3) is 39.5 Å². The SMILES string of the molecule is Cn1nccc1Nc1nccc(-c2ccn3c(-c4cnn(C)c4-c4cccc(F)c4)nnc3c2)n1. The highest BCUT2D eigenvalue weighted by atomic mass is 19.1. The van der Waals surface area contributed by atoms with E-state index in [4.69, 9.17) is 0 Å². The van der Waals surface area contributed by atoms with Crippen molar-refractivity contribution in [1.82, 2.24) is 44.1 Å². The molecule has 0 aliphatic carbocycles. The first-order valence-electron chi connectivity index (χ1n) is 10.8. The first-order valence-corrected chi connectivity index (χ1v) is 10.8. The molecular weight excluding hydrogens is 447 g/mol. The van der Waals surface area contributed by atoms with Gasteiger partial charge in [0.1, 0.15) is 11.6 Å². The first-order chi connectivity index (χ1) is 17.1. The lowest BCUT2D eigenvalue weighted by Crippen LogP contribution is -2.03. The Balaban J connectivity index is 1.37. The summed E-state index contributed by atoms with van der Waals surface area (Å²) in [5.74, 6) is 1.54. The number of rotatable bonds is 5. The standard InChI is InChI=1S/C24H19FN10/c1-33-20(7-10-27-33)30-24-26-9-6-19(29-24)15-8-11-35-21(13-15)31-32-23(35)18-14-28-34(2)22(18)16-4-3-5-17(25)12-16/h3-14H,1-2H3,(H,26,29,30). The number of benzene rings is 1. The highest BCUT2D eigenvalue weighted by molar-refractivity contribution is 5.79. The van der Waals surface area contributed by atoms with E-state index in [0.717, 1.165) is 28.3 Å². The summed E-state index contributed by atoms with van der Waals surface area (Å²) < 4.78 is 19.2. The van der Waals surface area contributed by atoms with Crippen LogP contribution in [0, 0.1) is 5.82 Å². The lowest BCUT2D eigenvalue weighted by molar-refractivity contribution is 0.628. The molecule has 0 unspecified atom stereocenters. The van der Waals surface area contributed by atoms with Crippen LogP contribution in [0.5, 0.6) is 0 Å². The Morgan fingerprint density at radius 3 is 2.63 bits per heavy atom. The van der Waals surface area contributed by atoms with Gasteiger partial charge in [-0.1, -0.05) is 12.1 Å². The van der Waals surface area contributed by atoms with Crippen LogP contribution >= 0.6 is 0 Å². The zero-order valence-corrected chi connectivity index (χ0v) is 18.8. The van der Waals surface area contributed by atoms with E-state index in [2.05, 4.69) is 35.7 Å². The van der Waals surface area contributed by atoms with Gasteiger partial charge in [0.25, 0.3) is 0 Å². The molecule has 0 saturated heterocycles. The van der Waals surface area contributed by atoms with Gasteiger partial charge in [-0.2, -0.15) is 10.2 Å². The van der Waals surface area contributed by atoms with Gasteiger partial charge in [-0.3, -0.25) is 13.8 Å². The predicted molar refractivity (Wildman–Crippen MR) is 128 cm³/mol. The molecule has 1 aromatic carbocycles. The fourth-order valence-electron chi connectivity index (χ4n) is 4.00. The summed E-state index contributed by atoms with van der Waals surface area (Å²) in [6.07, 6.45) is 7.00. The van der Waals surface area contributed by atoms with Crippen molar-refractivity contribution in [2.45, 2.75) is 0 Å². The monoisotopic (exact) mass is 466 g/mol. The van der Waals surface area contributed by atoms with Crippen LogP contribution in [0.2, 0.25) is 0 Å². The van der Waals surface area contributed by atoms with E-state index in [1.54, 1.807) is 34.0 Å². The van der Waals surface area contributed by atoms with Crippen molar-refractivity contribution in [2.24, 2.45) is 14.1 Å². The molecule has 172 valence electrons. The highest BCUT2D eigenvalue weighted by Gasteiger charge is 2.19. The van der Waals surface area contributed by atoms with Crippen molar-refractivity contribution in [3.63, 3.8) is 0 Å². The van der Waals surface area contributed by atoms with Crippen molar-refractivity contribution in [1.29, 1.82) is 0 Å². The number of aryl methyl sites for hydroxylation is 2. The molecule has 5 heterocycles. The third kappa shape index (κ3) is 3.68. The molecule has 6 aromatic rings. The topological polar surface area (TPSA) is 104 Å². The van der Waals surface area contributed by atoms with Gasteiger partial charge < -0.3 is 5.32 Å². The molecule has 0 atom stereocenters. The maximum Gasteiger partial charge on any atom is 0.228 e. The minimum Gasteiger partial charge on any atom is -0.309 e. The average molecular weight is 466 g/mol. The van der Waals surface area contributed by atoms with E-state index in [9.17, 15) is 4.39 Å². The van der Waals surface area contributed by atoms with Gasteiger partial charge in [0.15, 0.2) is 11.5 Å². The summed E-state index contributed by atoms with van der Waals surface area (Å²) in [7, 11) is 3.66. The van der Waals surface area contributed by atoms with Gasteiger partial charge in [-0.25, -0.2) is 14.4 Å². The fourth-order valence-corrected chi connectivity index (χ4v) is 4.00. The van der Waals surface area contributed by atoms with E-state index >= 15 is 0 Å². The van der Waals surface area contributed by atoms with Crippen LogP contribution in [0.15, 0.2) is 73.3 Å². The summed E-state index contributed by atoms with van der Waals surface area (Å²) in [6, 6.07) is 13.9. The predicted octanol–water partition coefficient (Wildman–Crippen LogP) is 3.87. The number of nitrogens with one attached hydrogen (secondary N) is 1. The average Bonchev–Trinajstić information content (AvgIpc) is 3.57. The third-order valence-corrected chi connectivity index (χ3v) is 5.70. The van der Waals surface area contributed by atoms with Gasteiger partial charge in [0, 0.05) is 43.7 Å². The molecule has 11 heteroatoms. The molecule has 35 heavy (non-hydrogen) atoms. The van der Waals surface area contributed by atoms with Crippen molar-refractivity contribution < 1.29 is 4.39 Å². The second-order valence-electron chi connectivity index (χ2n) is 7.94. The minimum atomic E-state index is -0.313. The molecule has 1 N–H and O–H groups in total. The molecule has 0 fully saturated rings. The highest BCUT2D eigenvalue weighted by Crippen LogP contribution is 2.32. The molecule has 0 bridgehead atoms. The van der Waals surface area contributed by atoms with Crippen LogP contribution in [0.3, 0.4) is 0 Å². The number of hydrogen-bond donors (Lipinski definition) is 1. The molecule has 0 spiro atoms. The smallest absolute Gasteiger partial charge is 0.228 e. The zero-order chi connectivity index (χ0) is 23.9. The summed E-state index contributed by atoms with van der Waals surface area (Å²) in [6.45, 7) is 0. The number of pyridine rings is 1. The molecule has 0 radical (unpaired) electrons. The van der Waals surface area contributed by atoms with Crippen molar-refractivity contribution in [3.05, 3.63) is 79.1 Å². The molecule has 0 aliphatic rings. The number of halogens is 1. The van der Waals surface area contributed by atoms with Crippen molar-refractivity contribution in [2.75, 3.05) is 5.32 Å². The van der Waals surface area contributed by atoms with E-state index in [1.165, 1.54) is 12.1 Å². The maximum atomic E-state index is 13.9. The Labute approximate surface area is 198 Å². The summed E-state index contributed by atoms with van der Waals surface area (Å²) in [4.78, 5) is 8.93. The van der Waals surface area contributed by atoms with Crippen LogP contribution in [0.1, 0.15) is 0 Å². The Morgan fingerprint density at radius 2 is 1.80 bits per heavy atom. The molecule has 0 amide bonds. The number of fused-ring (bicyclic) bond motifs is 1. The number of hydrogen-bond acceptors (Lipinski definition) is 7. The van der Waals surface area contributed by atoms with E-state index < -0.39 is 0 Å². The fraction of sp³-hybridized carbons (Fsp3) is 0.0833. The Hall–Kier alpha value is -4.93. The quantitative estimate of drug-likeness (QED) is 0.411. The molecule has 5 aromatic heterocycles. The first kappa shape index (κ1) is 20.7. The minimum absolute atomic E-state index is 0.313. The van der Waals surface area contributed by atoms with Crippen LogP contribution < -0.4 is 5.32 Å². The molecular formula is C24H19FN10. The van der Waals surface area contributed by atoms with Gasteiger partial charge in [-0.15, -0.1) is 10.2 Å². The second kappa shape index (κ2) is 8.13. The Bertz CT molecular complexity index is 1680. The van der Waals surface area contributed by atoms with Crippen LogP contribution in [-0.4, -0.2) is 44.1 Å². The normalized spacial score (nSPS) is 11.3.